The summed E-state index contributed by atoms with van der Waals surface area (Å²) in [6, 6.07) is 3.23. The van der Waals surface area contributed by atoms with Crippen molar-refractivity contribution in [1.82, 2.24) is 15.5 Å². The average Bonchev–Trinajstić information content (AvgIpc) is 3.04. The van der Waals surface area contributed by atoms with Crippen molar-refractivity contribution < 1.29 is 32.0 Å². The zero-order valence-electron chi connectivity index (χ0n) is 12.9. The zero-order chi connectivity index (χ0) is 18.4. The quantitative estimate of drug-likeness (QED) is 0.585. The third-order valence-corrected chi connectivity index (χ3v) is 3.26. The van der Waals surface area contributed by atoms with Crippen LogP contribution in [0.4, 0.5) is 17.6 Å². The van der Waals surface area contributed by atoms with Gasteiger partial charge in [-0.15, -0.1) is 0 Å². The normalized spacial score (nSPS) is 11.6. The number of unbranched alkanes of at least 4 members (excludes halogenated alkanes) is 2. The standard InChI is InChI=1S/C15H15F4N3O3/c16-11-8-9(12-21-14(25-22-12)15(17,18)19)4-5-10(11)13(24)20-6-2-1-3-7-23/h4-5,8,23H,1-3,6-7H2,(H,20,24). The molecule has 1 aromatic carbocycles. The van der Waals surface area contributed by atoms with Gasteiger partial charge in [-0.3, -0.25) is 4.79 Å². The molecule has 0 atom stereocenters. The predicted octanol–water partition coefficient (Wildman–Crippen LogP) is 2.79. The maximum atomic E-state index is 14.1. The van der Waals surface area contributed by atoms with Gasteiger partial charge >= 0.3 is 12.1 Å². The lowest BCUT2D eigenvalue weighted by molar-refractivity contribution is -0.159. The monoisotopic (exact) mass is 361 g/mol. The third kappa shape index (κ3) is 4.99. The zero-order valence-corrected chi connectivity index (χ0v) is 12.9. The van der Waals surface area contributed by atoms with Gasteiger partial charge < -0.3 is 14.9 Å². The van der Waals surface area contributed by atoms with E-state index >= 15 is 0 Å². The van der Waals surface area contributed by atoms with Gasteiger partial charge in [-0.1, -0.05) is 11.2 Å². The van der Waals surface area contributed by atoms with Crippen molar-refractivity contribution in [1.29, 1.82) is 0 Å². The smallest absolute Gasteiger partial charge is 0.396 e. The fourth-order valence-electron chi connectivity index (χ4n) is 2.00. The number of alkyl halides is 3. The number of benzene rings is 1. The van der Waals surface area contributed by atoms with Crippen molar-refractivity contribution in [3.63, 3.8) is 0 Å². The summed E-state index contributed by atoms with van der Waals surface area (Å²) in [7, 11) is 0. The maximum Gasteiger partial charge on any atom is 0.471 e. The first-order valence-electron chi connectivity index (χ1n) is 7.43. The second-order valence-corrected chi connectivity index (χ2v) is 5.16. The molecule has 0 unspecified atom stereocenters. The maximum absolute atomic E-state index is 14.1. The van der Waals surface area contributed by atoms with Crippen LogP contribution in [0.3, 0.4) is 0 Å². The molecule has 6 nitrogen and oxygen atoms in total. The fourth-order valence-corrected chi connectivity index (χ4v) is 2.00. The summed E-state index contributed by atoms with van der Waals surface area (Å²) in [6.45, 7) is 0.385. The summed E-state index contributed by atoms with van der Waals surface area (Å²) in [5.41, 5.74) is -0.290. The molecule has 25 heavy (non-hydrogen) atoms. The number of hydrogen-bond acceptors (Lipinski definition) is 5. The van der Waals surface area contributed by atoms with Crippen molar-refractivity contribution in [2.24, 2.45) is 0 Å². The number of hydrogen-bond donors (Lipinski definition) is 2. The first-order chi connectivity index (χ1) is 11.8. The van der Waals surface area contributed by atoms with Crippen molar-refractivity contribution >= 4 is 5.91 Å². The van der Waals surface area contributed by atoms with Crippen molar-refractivity contribution in [2.45, 2.75) is 25.4 Å². The third-order valence-electron chi connectivity index (χ3n) is 3.26. The minimum absolute atomic E-state index is 0.0451. The van der Waals surface area contributed by atoms with Gasteiger partial charge in [0.05, 0.1) is 5.56 Å². The summed E-state index contributed by atoms with van der Waals surface area (Å²) in [6.07, 6.45) is -2.82. The van der Waals surface area contributed by atoms with Crippen molar-refractivity contribution in [3.05, 3.63) is 35.5 Å². The van der Waals surface area contributed by atoms with Crippen LogP contribution in [0.25, 0.3) is 11.4 Å². The number of carbonyl (C=O) groups is 1. The number of nitrogens with one attached hydrogen (secondary N) is 1. The Bertz CT molecular complexity index is 731. The minimum atomic E-state index is -4.79. The summed E-state index contributed by atoms with van der Waals surface area (Å²) in [4.78, 5) is 15.0. The van der Waals surface area contributed by atoms with Crippen LogP contribution in [-0.2, 0) is 6.18 Å². The highest BCUT2D eigenvalue weighted by molar-refractivity contribution is 5.94. The number of amides is 1. The molecule has 0 aliphatic heterocycles. The van der Waals surface area contributed by atoms with Gasteiger partial charge in [-0.2, -0.15) is 18.2 Å². The summed E-state index contributed by atoms with van der Waals surface area (Å²) in [5.74, 6) is -3.52. The van der Waals surface area contributed by atoms with Crippen LogP contribution in [0.15, 0.2) is 22.7 Å². The van der Waals surface area contributed by atoms with Gasteiger partial charge in [-0.25, -0.2) is 4.39 Å². The van der Waals surface area contributed by atoms with E-state index in [1.54, 1.807) is 0 Å². The summed E-state index contributed by atoms with van der Waals surface area (Å²) in [5, 5.41) is 14.3. The van der Waals surface area contributed by atoms with Crippen LogP contribution in [0.1, 0.15) is 35.5 Å². The lowest BCUT2D eigenvalue weighted by Gasteiger charge is -2.06. The number of rotatable bonds is 7. The Hall–Kier alpha value is -2.49. The van der Waals surface area contributed by atoms with Crippen LogP contribution in [0.2, 0.25) is 0 Å². The van der Waals surface area contributed by atoms with Gasteiger partial charge in [0, 0.05) is 18.7 Å². The van der Waals surface area contributed by atoms with E-state index in [1.807, 2.05) is 0 Å². The van der Waals surface area contributed by atoms with Crippen LogP contribution in [0.5, 0.6) is 0 Å². The van der Waals surface area contributed by atoms with E-state index in [9.17, 15) is 22.4 Å². The van der Waals surface area contributed by atoms with E-state index in [0.29, 0.717) is 19.4 Å². The van der Waals surface area contributed by atoms with Gasteiger partial charge in [-0.05, 0) is 31.4 Å². The van der Waals surface area contributed by atoms with E-state index in [0.717, 1.165) is 18.6 Å². The van der Waals surface area contributed by atoms with E-state index < -0.39 is 29.6 Å². The van der Waals surface area contributed by atoms with Crippen LogP contribution in [-0.4, -0.2) is 34.3 Å². The molecule has 1 heterocycles. The highest BCUT2D eigenvalue weighted by Crippen LogP contribution is 2.29. The first kappa shape index (κ1) is 18.8. The average molecular weight is 361 g/mol. The highest BCUT2D eigenvalue weighted by Gasteiger charge is 2.38. The number of nitrogens with zero attached hydrogens (tertiary/aromatic N) is 2. The van der Waals surface area contributed by atoms with Crippen LogP contribution >= 0.6 is 0 Å². The first-order valence-corrected chi connectivity index (χ1v) is 7.43. The molecule has 0 fully saturated rings. The molecule has 10 heteroatoms. The van der Waals surface area contributed by atoms with Crippen molar-refractivity contribution in [2.75, 3.05) is 13.2 Å². The Labute approximate surface area is 139 Å². The molecular weight excluding hydrogens is 346 g/mol. The lowest BCUT2D eigenvalue weighted by Crippen LogP contribution is -2.25. The minimum Gasteiger partial charge on any atom is -0.396 e. The van der Waals surface area contributed by atoms with Gasteiger partial charge in [0.1, 0.15) is 5.82 Å². The largest absolute Gasteiger partial charge is 0.471 e. The molecule has 2 aromatic rings. The molecule has 1 amide bonds. The summed E-state index contributed by atoms with van der Waals surface area (Å²) >= 11 is 0. The van der Waals surface area contributed by atoms with Crippen molar-refractivity contribution in [3.8, 4) is 11.4 Å². The molecule has 0 spiro atoms. The van der Waals surface area contributed by atoms with Crippen LogP contribution in [0, 0.1) is 5.82 Å². The molecule has 0 bridgehead atoms. The molecule has 0 radical (unpaired) electrons. The Morgan fingerprint density at radius 3 is 2.60 bits per heavy atom. The van der Waals surface area contributed by atoms with E-state index in [-0.39, 0.29) is 17.7 Å². The second-order valence-electron chi connectivity index (χ2n) is 5.16. The van der Waals surface area contributed by atoms with Gasteiger partial charge in [0.25, 0.3) is 5.91 Å². The SMILES string of the molecule is O=C(NCCCCCO)c1ccc(-c2noc(C(F)(F)F)n2)cc1F. The van der Waals surface area contributed by atoms with E-state index in [2.05, 4.69) is 20.0 Å². The molecule has 0 aliphatic carbocycles. The summed E-state index contributed by atoms with van der Waals surface area (Å²) < 4.78 is 55.4. The Morgan fingerprint density at radius 2 is 2.00 bits per heavy atom. The number of aromatic nitrogens is 2. The second kappa shape index (κ2) is 8.06. The molecule has 1 aromatic heterocycles. The van der Waals surface area contributed by atoms with E-state index in [4.69, 9.17) is 5.11 Å². The van der Waals surface area contributed by atoms with Gasteiger partial charge in [0.15, 0.2) is 0 Å². The topological polar surface area (TPSA) is 88.2 Å². The number of carbonyl (C=O) groups excluding carboxylic acids is 1. The fraction of sp³-hybridized carbons (Fsp3) is 0.400. The van der Waals surface area contributed by atoms with E-state index in [1.165, 1.54) is 6.07 Å². The predicted molar refractivity (Wildman–Crippen MR) is 78.0 cm³/mol. The van der Waals surface area contributed by atoms with Gasteiger partial charge in [0.2, 0.25) is 5.82 Å². The Morgan fingerprint density at radius 1 is 1.24 bits per heavy atom. The Kier molecular flexibility index (Phi) is 6.07. The lowest BCUT2D eigenvalue weighted by atomic mass is 10.1. The highest BCUT2D eigenvalue weighted by atomic mass is 19.4. The number of aliphatic hydroxyl groups is 1. The molecule has 0 saturated carbocycles. The molecule has 0 aliphatic rings. The molecule has 136 valence electrons. The molecule has 2 N–H and O–H groups in total. The number of aliphatic hydroxyl groups excluding tert-OH is 1. The Balaban J connectivity index is 2.05. The molecule has 2 rings (SSSR count). The number of halogens is 4. The molecule has 0 saturated heterocycles. The van der Waals surface area contributed by atoms with Crippen LogP contribution < -0.4 is 5.32 Å². The molecular formula is C15H15F4N3O3.